The van der Waals surface area contributed by atoms with Crippen molar-refractivity contribution in [2.24, 2.45) is 0 Å². The average molecular weight is 239 g/mol. The minimum Gasteiger partial charge on any atom is -0.379 e. The van der Waals surface area contributed by atoms with Crippen LogP contribution in [0.5, 0.6) is 0 Å². The van der Waals surface area contributed by atoms with Gasteiger partial charge < -0.3 is 4.74 Å². The molecule has 0 amide bonds. The molecule has 0 spiro atoms. The van der Waals surface area contributed by atoms with Crippen LogP contribution in [-0.4, -0.2) is 19.1 Å². The van der Waals surface area contributed by atoms with E-state index in [1.807, 2.05) is 0 Å². The van der Waals surface area contributed by atoms with Crippen LogP contribution in [0.4, 0.5) is 0 Å². The summed E-state index contributed by atoms with van der Waals surface area (Å²) < 4.78 is 6.66. The van der Waals surface area contributed by atoms with Crippen LogP contribution in [0.2, 0.25) is 0 Å². The van der Waals surface area contributed by atoms with E-state index >= 15 is 0 Å². The first-order chi connectivity index (χ1) is 7.36. The number of benzene rings is 1. The van der Waals surface area contributed by atoms with Gasteiger partial charge in [0.05, 0.1) is 18.6 Å². The number of fused-ring (bicyclic) bond motifs is 1. The summed E-state index contributed by atoms with van der Waals surface area (Å²) >= 11 is 7.87. The molecule has 0 unspecified atom stereocenters. The van der Waals surface area contributed by atoms with Gasteiger partial charge >= 0.3 is 0 Å². The molecule has 15 heavy (non-hydrogen) atoms. The Kier molecular flexibility index (Phi) is 2.23. The number of hydrogen-bond acceptors (Lipinski definition) is 2. The predicted octanol–water partition coefficient (Wildman–Crippen LogP) is 3.41. The molecule has 3 rings (SSSR count). The molecule has 0 bridgehead atoms. The molecular formula is C12H11ClOS. The zero-order chi connectivity index (χ0) is 10.3. The number of thiophene rings is 1. The van der Waals surface area contributed by atoms with Gasteiger partial charge in [-0.2, -0.15) is 0 Å². The normalized spacial score (nSPS) is 19.0. The van der Waals surface area contributed by atoms with Gasteiger partial charge in [0.15, 0.2) is 0 Å². The standard InChI is InChI=1S/C12H11ClOS/c13-6-12(7-14-8-12)10-5-15-11-4-2-1-3-9(10)11/h1-5H,6-8H2. The van der Waals surface area contributed by atoms with E-state index in [4.69, 9.17) is 16.3 Å². The van der Waals surface area contributed by atoms with Crippen molar-refractivity contribution in [3.05, 3.63) is 35.2 Å². The van der Waals surface area contributed by atoms with Crippen LogP contribution in [0.1, 0.15) is 5.56 Å². The first-order valence-corrected chi connectivity index (χ1v) is 6.38. The van der Waals surface area contributed by atoms with Crippen molar-refractivity contribution in [2.75, 3.05) is 19.1 Å². The summed E-state index contributed by atoms with van der Waals surface area (Å²) in [6.07, 6.45) is 0. The first-order valence-electron chi connectivity index (χ1n) is 4.96. The number of rotatable bonds is 2. The maximum Gasteiger partial charge on any atom is 0.0597 e. The van der Waals surface area contributed by atoms with Gasteiger partial charge in [0.2, 0.25) is 0 Å². The van der Waals surface area contributed by atoms with Gasteiger partial charge in [0.25, 0.3) is 0 Å². The fraction of sp³-hybridized carbons (Fsp3) is 0.333. The predicted molar refractivity (Wildman–Crippen MR) is 65.0 cm³/mol. The van der Waals surface area contributed by atoms with E-state index in [0.717, 1.165) is 13.2 Å². The topological polar surface area (TPSA) is 9.23 Å². The van der Waals surface area contributed by atoms with E-state index in [1.54, 1.807) is 11.3 Å². The SMILES string of the molecule is ClCC1(c2csc3ccccc23)COC1. The second-order valence-electron chi connectivity index (χ2n) is 4.05. The fourth-order valence-corrected chi connectivity index (χ4v) is 3.42. The summed E-state index contributed by atoms with van der Waals surface area (Å²) in [7, 11) is 0. The summed E-state index contributed by atoms with van der Waals surface area (Å²) in [6, 6.07) is 8.49. The van der Waals surface area contributed by atoms with Crippen molar-refractivity contribution in [3.63, 3.8) is 0 Å². The highest BCUT2D eigenvalue weighted by Gasteiger charge is 2.41. The Morgan fingerprint density at radius 2 is 2.13 bits per heavy atom. The lowest BCUT2D eigenvalue weighted by atomic mass is 9.80. The zero-order valence-electron chi connectivity index (χ0n) is 8.20. The Morgan fingerprint density at radius 1 is 1.33 bits per heavy atom. The fourth-order valence-electron chi connectivity index (χ4n) is 2.04. The van der Waals surface area contributed by atoms with E-state index in [-0.39, 0.29) is 5.41 Å². The lowest BCUT2D eigenvalue weighted by molar-refractivity contribution is -0.0471. The molecule has 1 aromatic heterocycles. The maximum atomic E-state index is 6.08. The van der Waals surface area contributed by atoms with E-state index in [9.17, 15) is 0 Å². The zero-order valence-corrected chi connectivity index (χ0v) is 9.77. The highest BCUT2D eigenvalue weighted by molar-refractivity contribution is 7.17. The van der Waals surface area contributed by atoms with Crippen molar-refractivity contribution in [2.45, 2.75) is 5.41 Å². The Hall–Kier alpha value is -0.570. The van der Waals surface area contributed by atoms with Gasteiger partial charge in [0.1, 0.15) is 0 Å². The number of alkyl halides is 1. The van der Waals surface area contributed by atoms with Gasteiger partial charge in [-0.1, -0.05) is 18.2 Å². The van der Waals surface area contributed by atoms with E-state index in [2.05, 4.69) is 29.6 Å². The van der Waals surface area contributed by atoms with Crippen LogP contribution in [0.15, 0.2) is 29.6 Å². The highest BCUT2D eigenvalue weighted by atomic mass is 35.5. The number of hydrogen-bond donors (Lipinski definition) is 0. The summed E-state index contributed by atoms with van der Waals surface area (Å²) in [5.41, 5.74) is 1.44. The molecule has 0 atom stereocenters. The van der Waals surface area contributed by atoms with Crippen molar-refractivity contribution in [3.8, 4) is 0 Å². The average Bonchev–Trinajstić information content (AvgIpc) is 2.62. The summed E-state index contributed by atoms with van der Waals surface area (Å²) in [4.78, 5) is 0. The van der Waals surface area contributed by atoms with Crippen molar-refractivity contribution in [1.82, 2.24) is 0 Å². The molecule has 0 saturated carbocycles. The van der Waals surface area contributed by atoms with Crippen molar-refractivity contribution < 1.29 is 4.74 Å². The third-order valence-corrected chi connectivity index (χ3v) is 4.54. The van der Waals surface area contributed by atoms with Gasteiger partial charge in [-0.05, 0) is 22.4 Å². The second kappa shape index (κ2) is 3.48. The van der Waals surface area contributed by atoms with Gasteiger partial charge in [0, 0.05) is 10.6 Å². The lowest BCUT2D eigenvalue weighted by Gasteiger charge is -2.40. The van der Waals surface area contributed by atoms with Gasteiger partial charge in [-0.3, -0.25) is 0 Å². The first kappa shape index (κ1) is 9.64. The Labute approximate surface area is 97.6 Å². The third kappa shape index (κ3) is 1.32. The third-order valence-electron chi connectivity index (χ3n) is 3.06. The quantitative estimate of drug-likeness (QED) is 0.729. The smallest absolute Gasteiger partial charge is 0.0597 e. The van der Waals surface area contributed by atoms with Crippen molar-refractivity contribution in [1.29, 1.82) is 0 Å². The molecule has 1 nitrogen and oxygen atoms in total. The molecule has 3 heteroatoms. The molecule has 0 aliphatic carbocycles. The largest absolute Gasteiger partial charge is 0.379 e. The Balaban J connectivity index is 2.18. The van der Waals surface area contributed by atoms with Crippen LogP contribution in [-0.2, 0) is 10.2 Å². The molecule has 1 aromatic carbocycles. The molecule has 2 heterocycles. The molecule has 1 aliphatic heterocycles. The molecule has 0 radical (unpaired) electrons. The van der Waals surface area contributed by atoms with Crippen LogP contribution in [0, 0.1) is 0 Å². The van der Waals surface area contributed by atoms with Crippen molar-refractivity contribution >= 4 is 33.0 Å². The molecule has 78 valence electrons. The van der Waals surface area contributed by atoms with Gasteiger partial charge in [-0.25, -0.2) is 0 Å². The van der Waals surface area contributed by atoms with E-state index in [0.29, 0.717) is 5.88 Å². The summed E-state index contributed by atoms with van der Waals surface area (Å²) in [5.74, 6) is 0.647. The molecule has 0 N–H and O–H groups in total. The van der Waals surface area contributed by atoms with Gasteiger partial charge in [-0.15, -0.1) is 22.9 Å². The van der Waals surface area contributed by atoms with Crippen LogP contribution in [0.3, 0.4) is 0 Å². The number of halogens is 1. The maximum absolute atomic E-state index is 6.08. The molecular weight excluding hydrogens is 228 g/mol. The lowest BCUT2D eigenvalue weighted by Crippen LogP contribution is -2.48. The van der Waals surface area contributed by atoms with Crippen LogP contribution < -0.4 is 0 Å². The molecule has 1 aliphatic rings. The molecule has 2 aromatic rings. The molecule has 1 saturated heterocycles. The van der Waals surface area contributed by atoms with Crippen LogP contribution in [0.25, 0.3) is 10.1 Å². The van der Waals surface area contributed by atoms with E-state index in [1.165, 1.54) is 15.6 Å². The second-order valence-corrected chi connectivity index (χ2v) is 5.23. The Bertz CT molecular complexity index is 482. The minimum atomic E-state index is 0.0706. The highest BCUT2D eigenvalue weighted by Crippen LogP contribution is 2.40. The van der Waals surface area contributed by atoms with Crippen LogP contribution >= 0.6 is 22.9 Å². The monoisotopic (exact) mass is 238 g/mol. The summed E-state index contributed by atoms with van der Waals surface area (Å²) in [6.45, 7) is 1.52. The van der Waals surface area contributed by atoms with E-state index < -0.39 is 0 Å². The Morgan fingerprint density at radius 3 is 2.80 bits per heavy atom. The minimum absolute atomic E-state index is 0.0706. The summed E-state index contributed by atoms with van der Waals surface area (Å²) in [5, 5.41) is 3.57. The number of ether oxygens (including phenoxy) is 1. The molecule has 1 fully saturated rings.